The maximum atomic E-state index is 13.4. The van der Waals surface area contributed by atoms with Gasteiger partial charge in [-0.05, 0) is 56.7 Å². The molecule has 0 bridgehead atoms. The van der Waals surface area contributed by atoms with Crippen molar-refractivity contribution in [2.75, 3.05) is 46.4 Å². The summed E-state index contributed by atoms with van der Waals surface area (Å²) in [5.41, 5.74) is 1.24. The van der Waals surface area contributed by atoms with Crippen LogP contribution in [0.5, 0.6) is 5.75 Å². The molecular formula is C26H41N3O3. The molecule has 0 N–H and O–H groups in total. The Labute approximate surface area is 193 Å². The molecule has 0 radical (unpaired) electrons. The lowest BCUT2D eigenvalue weighted by Gasteiger charge is -2.38. The first kappa shape index (κ1) is 24.6. The number of para-hydroxylation sites is 1. The molecule has 0 atom stereocenters. The van der Waals surface area contributed by atoms with Crippen LogP contribution in [0.4, 0.5) is 0 Å². The molecule has 0 aliphatic carbocycles. The van der Waals surface area contributed by atoms with Crippen LogP contribution in [0.15, 0.2) is 24.3 Å². The molecule has 178 valence electrons. The Morgan fingerprint density at radius 1 is 1.06 bits per heavy atom. The summed E-state index contributed by atoms with van der Waals surface area (Å²) in [7, 11) is 1.73. The van der Waals surface area contributed by atoms with Gasteiger partial charge in [0.1, 0.15) is 5.75 Å². The van der Waals surface area contributed by atoms with Crippen LogP contribution in [-0.4, -0.2) is 72.9 Å². The standard InChI is InChI=1S/C26H41N3O3/c1-20(2)17-29(26(31)23-11-15-28(16-12-23)21(3)30)18-22-9-13-27(14-10-22)19-24-7-5-6-8-25(24)32-4/h5-8,20,22-23H,9-19H2,1-4H3. The van der Waals surface area contributed by atoms with Crippen molar-refractivity contribution in [1.82, 2.24) is 14.7 Å². The molecule has 3 rings (SSSR count). The quantitative estimate of drug-likeness (QED) is 0.615. The third-order valence-electron chi connectivity index (χ3n) is 6.96. The summed E-state index contributed by atoms with van der Waals surface area (Å²) in [6.07, 6.45) is 3.84. The lowest BCUT2D eigenvalue weighted by Crippen LogP contribution is -2.47. The fraction of sp³-hybridized carbons (Fsp3) is 0.692. The smallest absolute Gasteiger partial charge is 0.225 e. The SMILES string of the molecule is COc1ccccc1CN1CCC(CN(CC(C)C)C(=O)C2CCN(C(C)=O)CC2)CC1. The van der Waals surface area contributed by atoms with E-state index in [1.54, 1.807) is 14.0 Å². The van der Waals surface area contributed by atoms with Crippen LogP contribution in [0.2, 0.25) is 0 Å². The van der Waals surface area contributed by atoms with Crippen molar-refractivity contribution in [2.24, 2.45) is 17.8 Å². The van der Waals surface area contributed by atoms with E-state index in [0.717, 1.165) is 64.2 Å². The van der Waals surface area contributed by atoms with Crippen molar-refractivity contribution in [3.63, 3.8) is 0 Å². The van der Waals surface area contributed by atoms with Gasteiger partial charge in [-0.1, -0.05) is 32.0 Å². The van der Waals surface area contributed by atoms with Gasteiger partial charge in [0.2, 0.25) is 11.8 Å². The third-order valence-corrected chi connectivity index (χ3v) is 6.96. The topological polar surface area (TPSA) is 53.1 Å². The van der Waals surface area contributed by atoms with E-state index in [9.17, 15) is 9.59 Å². The summed E-state index contributed by atoms with van der Waals surface area (Å²) in [6, 6.07) is 8.25. The van der Waals surface area contributed by atoms with Crippen LogP contribution in [0.3, 0.4) is 0 Å². The molecule has 1 aromatic rings. The number of hydrogen-bond donors (Lipinski definition) is 0. The molecular weight excluding hydrogens is 402 g/mol. The van der Waals surface area contributed by atoms with Gasteiger partial charge >= 0.3 is 0 Å². The zero-order valence-corrected chi connectivity index (χ0v) is 20.4. The molecule has 0 aromatic heterocycles. The molecule has 2 aliphatic heterocycles. The summed E-state index contributed by atoms with van der Waals surface area (Å²) in [5.74, 6) is 2.47. The van der Waals surface area contributed by atoms with Crippen LogP contribution >= 0.6 is 0 Å². The van der Waals surface area contributed by atoms with Gasteiger partial charge in [0, 0.05) is 51.1 Å². The Morgan fingerprint density at radius 3 is 2.31 bits per heavy atom. The predicted octanol–water partition coefficient (Wildman–Crippen LogP) is 3.65. The maximum Gasteiger partial charge on any atom is 0.225 e. The first-order valence-corrected chi connectivity index (χ1v) is 12.3. The van der Waals surface area contributed by atoms with Crippen LogP contribution < -0.4 is 4.74 Å². The molecule has 2 aliphatic rings. The summed E-state index contributed by atoms with van der Waals surface area (Å²) < 4.78 is 5.51. The van der Waals surface area contributed by atoms with Gasteiger partial charge in [-0.3, -0.25) is 14.5 Å². The number of carbonyl (C=O) groups excluding carboxylic acids is 2. The van der Waals surface area contributed by atoms with E-state index in [1.807, 2.05) is 17.0 Å². The fourth-order valence-electron chi connectivity index (χ4n) is 5.11. The predicted molar refractivity (Wildman–Crippen MR) is 127 cm³/mol. The van der Waals surface area contributed by atoms with Gasteiger partial charge in [0.25, 0.3) is 0 Å². The summed E-state index contributed by atoms with van der Waals surface area (Å²) in [5, 5.41) is 0. The number of rotatable bonds is 8. The summed E-state index contributed by atoms with van der Waals surface area (Å²) in [4.78, 5) is 31.5. The number of ether oxygens (including phenoxy) is 1. The number of methoxy groups -OCH3 is 1. The van der Waals surface area contributed by atoms with E-state index in [4.69, 9.17) is 4.74 Å². The van der Waals surface area contributed by atoms with Gasteiger partial charge in [-0.15, -0.1) is 0 Å². The van der Waals surface area contributed by atoms with Crippen molar-refractivity contribution in [3.05, 3.63) is 29.8 Å². The highest BCUT2D eigenvalue weighted by Gasteiger charge is 2.31. The largest absolute Gasteiger partial charge is 0.496 e. The number of hydrogen-bond acceptors (Lipinski definition) is 4. The third kappa shape index (κ3) is 6.71. The second-order valence-electron chi connectivity index (χ2n) is 9.95. The normalized spacial score (nSPS) is 18.7. The van der Waals surface area contributed by atoms with Crippen LogP contribution in [0.25, 0.3) is 0 Å². The zero-order valence-electron chi connectivity index (χ0n) is 20.4. The minimum absolute atomic E-state index is 0.0648. The average molecular weight is 444 g/mol. The number of amides is 2. The Morgan fingerprint density at radius 2 is 1.72 bits per heavy atom. The second-order valence-corrected chi connectivity index (χ2v) is 9.95. The molecule has 0 spiro atoms. The molecule has 2 saturated heterocycles. The van der Waals surface area contributed by atoms with E-state index in [0.29, 0.717) is 30.8 Å². The number of nitrogens with zero attached hydrogens (tertiary/aromatic N) is 3. The fourth-order valence-corrected chi connectivity index (χ4v) is 5.11. The highest BCUT2D eigenvalue weighted by Crippen LogP contribution is 2.26. The molecule has 0 saturated carbocycles. The van der Waals surface area contributed by atoms with Crippen molar-refractivity contribution in [1.29, 1.82) is 0 Å². The first-order valence-electron chi connectivity index (χ1n) is 12.3. The van der Waals surface area contributed by atoms with E-state index in [2.05, 4.69) is 35.8 Å². The van der Waals surface area contributed by atoms with Crippen LogP contribution in [0, 0.1) is 17.8 Å². The van der Waals surface area contributed by atoms with Crippen LogP contribution in [-0.2, 0) is 16.1 Å². The molecule has 1 aromatic carbocycles. The van der Waals surface area contributed by atoms with Crippen molar-refractivity contribution in [3.8, 4) is 5.75 Å². The molecule has 32 heavy (non-hydrogen) atoms. The van der Waals surface area contributed by atoms with E-state index >= 15 is 0 Å². The molecule has 2 fully saturated rings. The number of likely N-dealkylation sites (tertiary alicyclic amines) is 2. The van der Waals surface area contributed by atoms with Gasteiger partial charge in [0.15, 0.2) is 0 Å². The number of carbonyl (C=O) groups is 2. The second kappa shape index (κ2) is 11.7. The van der Waals surface area contributed by atoms with Gasteiger partial charge < -0.3 is 14.5 Å². The molecule has 0 unspecified atom stereocenters. The minimum atomic E-state index is 0.0648. The highest BCUT2D eigenvalue weighted by molar-refractivity contribution is 5.79. The van der Waals surface area contributed by atoms with E-state index < -0.39 is 0 Å². The Hall–Kier alpha value is -2.08. The molecule has 2 heterocycles. The lowest BCUT2D eigenvalue weighted by atomic mass is 9.92. The average Bonchev–Trinajstić information content (AvgIpc) is 2.79. The van der Waals surface area contributed by atoms with Crippen molar-refractivity contribution in [2.45, 2.75) is 53.0 Å². The Bertz CT molecular complexity index is 750. The van der Waals surface area contributed by atoms with Crippen molar-refractivity contribution < 1.29 is 14.3 Å². The lowest BCUT2D eigenvalue weighted by molar-refractivity contribution is -0.141. The minimum Gasteiger partial charge on any atom is -0.496 e. The Balaban J connectivity index is 1.52. The number of piperidine rings is 2. The van der Waals surface area contributed by atoms with Gasteiger partial charge in [0.05, 0.1) is 7.11 Å². The first-order chi connectivity index (χ1) is 15.4. The molecule has 6 heteroatoms. The number of benzene rings is 1. The monoisotopic (exact) mass is 443 g/mol. The molecule has 2 amide bonds. The summed E-state index contributed by atoms with van der Waals surface area (Å²) >= 11 is 0. The van der Waals surface area contributed by atoms with Crippen molar-refractivity contribution >= 4 is 11.8 Å². The van der Waals surface area contributed by atoms with Gasteiger partial charge in [-0.25, -0.2) is 0 Å². The van der Waals surface area contributed by atoms with E-state index in [-0.39, 0.29) is 11.8 Å². The highest BCUT2D eigenvalue weighted by atomic mass is 16.5. The van der Waals surface area contributed by atoms with Gasteiger partial charge in [-0.2, -0.15) is 0 Å². The molecule has 6 nitrogen and oxygen atoms in total. The van der Waals surface area contributed by atoms with Crippen LogP contribution in [0.1, 0.15) is 52.0 Å². The Kier molecular flexibility index (Phi) is 8.97. The summed E-state index contributed by atoms with van der Waals surface area (Å²) in [6.45, 7) is 12.1. The maximum absolute atomic E-state index is 13.4. The van der Waals surface area contributed by atoms with E-state index in [1.165, 1.54) is 5.56 Å². The zero-order chi connectivity index (χ0) is 23.1.